The van der Waals surface area contributed by atoms with Crippen LogP contribution in [0.2, 0.25) is 0 Å². The predicted molar refractivity (Wildman–Crippen MR) is 76.6 cm³/mol. The van der Waals surface area contributed by atoms with E-state index in [1.165, 1.54) is 32.1 Å². The summed E-state index contributed by atoms with van der Waals surface area (Å²) < 4.78 is 49.6. The molecule has 0 N–H and O–H groups in total. The van der Waals surface area contributed by atoms with E-state index in [2.05, 4.69) is 11.7 Å². The Balaban J connectivity index is 3.13. The highest BCUT2D eigenvalue weighted by atomic mass is 19.4. The molecule has 0 aromatic rings. The zero-order chi connectivity index (χ0) is 16.7. The van der Waals surface area contributed by atoms with Gasteiger partial charge in [-0.25, -0.2) is 4.79 Å². The molecule has 0 rings (SSSR count). The highest BCUT2D eigenvalue weighted by molar-refractivity contribution is 5.75. The Hall–Kier alpha value is -0.820. The predicted octanol–water partition coefficient (Wildman–Crippen LogP) is 3.88. The first kappa shape index (κ1) is 21.2. The Morgan fingerprint density at radius 3 is 1.86 bits per heavy atom. The molecule has 0 atom stereocenters. The zero-order valence-electron chi connectivity index (χ0n) is 13.3. The molecule has 0 radical (unpaired) electrons. The molecule has 22 heavy (non-hydrogen) atoms. The van der Waals surface area contributed by atoms with E-state index < -0.39 is 18.8 Å². The lowest BCUT2D eigenvalue weighted by molar-refractivity contribution is -0.200. The van der Waals surface area contributed by atoms with E-state index in [0.29, 0.717) is 13.2 Å². The molecular formula is C15H27F3O4. The Labute approximate surface area is 130 Å². The van der Waals surface area contributed by atoms with Crippen LogP contribution in [0, 0.1) is 0 Å². The number of hydrogen-bond donors (Lipinski definition) is 0. The van der Waals surface area contributed by atoms with Gasteiger partial charge in [0.2, 0.25) is 0 Å². The average Bonchev–Trinajstić information content (AvgIpc) is 2.46. The molecule has 0 unspecified atom stereocenters. The van der Waals surface area contributed by atoms with Crippen molar-refractivity contribution in [3.63, 3.8) is 0 Å². The first-order valence-electron chi connectivity index (χ1n) is 7.88. The maximum absolute atomic E-state index is 11.8. The highest BCUT2D eigenvalue weighted by Gasteiger charge is 2.40. The topological polar surface area (TPSA) is 44.8 Å². The van der Waals surface area contributed by atoms with E-state index in [0.717, 1.165) is 12.8 Å². The Morgan fingerprint density at radius 2 is 1.27 bits per heavy atom. The maximum atomic E-state index is 11.8. The third kappa shape index (κ3) is 14.1. The zero-order valence-corrected chi connectivity index (χ0v) is 13.3. The van der Waals surface area contributed by atoms with E-state index in [1.54, 1.807) is 0 Å². The standard InChI is InChI=1S/C15H27F3O4/c1-2-3-4-5-6-7-8-9-20-10-11-21-12-13-22-14(19)15(16,17)18/h2-13H2,1H3. The fourth-order valence-electron chi connectivity index (χ4n) is 1.76. The summed E-state index contributed by atoms with van der Waals surface area (Å²) >= 11 is 0. The molecule has 7 heteroatoms. The van der Waals surface area contributed by atoms with Gasteiger partial charge in [0, 0.05) is 6.61 Å². The molecule has 0 bridgehead atoms. The summed E-state index contributed by atoms with van der Waals surface area (Å²) in [5.41, 5.74) is 0. The molecule has 0 aromatic heterocycles. The number of unbranched alkanes of at least 4 members (excludes halogenated alkanes) is 6. The van der Waals surface area contributed by atoms with E-state index >= 15 is 0 Å². The van der Waals surface area contributed by atoms with Crippen LogP contribution in [0.5, 0.6) is 0 Å². The number of carbonyl (C=O) groups excluding carboxylic acids is 1. The summed E-state index contributed by atoms with van der Waals surface area (Å²) in [6.45, 7) is 3.05. The lowest BCUT2D eigenvalue weighted by Gasteiger charge is -2.08. The second-order valence-electron chi connectivity index (χ2n) is 4.98. The quantitative estimate of drug-likeness (QED) is 0.359. The number of esters is 1. The average molecular weight is 328 g/mol. The lowest BCUT2D eigenvalue weighted by atomic mass is 10.1. The summed E-state index contributed by atoms with van der Waals surface area (Å²) in [6, 6.07) is 0. The van der Waals surface area contributed by atoms with Crippen molar-refractivity contribution >= 4 is 5.97 Å². The van der Waals surface area contributed by atoms with Crippen molar-refractivity contribution in [1.82, 2.24) is 0 Å². The Morgan fingerprint density at radius 1 is 0.773 bits per heavy atom. The van der Waals surface area contributed by atoms with Crippen LogP contribution in [0.25, 0.3) is 0 Å². The molecule has 0 amide bonds. The summed E-state index contributed by atoms with van der Waals surface area (Å²) in [7, 11) is 0. The normalized spacial score (nSPS) is 11.6. The fourth-order valence-corrected chi connectivity index (χ4v) is 1.76. The van der Waals surface area contributed by atoms with Crippen LogP contribution in [0.15, 0.2) is 0 Å². The summed E-state index contributed by atoms with van der Waals surface area (Å²) in [5, 5.41) is 0. The minimum atomic E-state index is -4.94. The van der Waals surface area contributed by atoms with Crippen molar-refractivity contribution in [3.05, 3.63) is 0 Å². The summed E-state index contributed by atoms with van der Waals surface area (Å²) in [5.74, 6) is -2.19. The fraction of sp³-hybridized carbons (Fsp3) is 0.933. The van der Waals surface area contributed by atoms with E-state index in [-0.39, 0.29) is 13.2 Å². The van der Waals surface area contributed by atoms with Crippen LogP contribution < -0.4 is 0 Å². The van der Waals surface area contributed by atoms with Gasteiger partial charge in [0.05, 0.1) is 19.8 Å². The second-order valence-corrected chi connectivity index (χ2v) is 4.98. The molecular weight excluding hydrogens is 301 g/mol. The van der Waals surface area contributed by atoms with Crippen LogP contribution in [0.4, 0.5) is 13.2 Å². The number of rotatable bonds is 14. The molecule has 0 heterocycles. The molecule has 0 aliphatic heterocycles. The second kappa shape index (κ2) is 13.8. The van der Waals surface area contributed by atoms with Gasteiger partial charge in [-0.2, -0.15) is 13.2 Å². The van der Waals surface area contributed by atoms with Gasteiger partial charge in [0.25, 0.3) is 0 Å². The largest absolute Gasteiger partial charge is 0.490 e. The van der Waals surface area contributed by atoms with Crippen molar-refractivity contribution in [3.8, 4) is 0 Å². The van der Waals surface area contributed by atoms with Crippen LogP contribution in [0.3, 0.4) is 0 Å². The number of alkyl halides is 3. The SMILES string of the molecule is CCCCCCCCCOCCOCCOC(=O)C(F)(F)F. The van der Waals surface area contributed by atoms with Gasteiger partial charge in [-0.1, -0.05) is 45.4 Å². The van der Waals surface area contributed by atoms with Gasteiger partial charge >= 0.3 is 12.1 Å². The third-order valence-electron chi connectivity index (χ3n) is 2.96. The maximum Gasteiger partial charge on any atom is 0.490 e. The van der Waals surface area contributed by atoms with Gasteiger partial charge in [-0.05, 0) is 6.42 Å². The number of ether oxygens (including phenoxy) is 3. The summed E-state index contributed by atoms with van der Waals surface area (Å²) in [6.07, 6.45) is 3.56. The molecule has 0 saturated carbocycles. The molecule has 0 fully saturated rings. The van der Waals surface area contributed by atoms with Crippen molar-refractivity contribution in [2.24, 2.45) is 0 Å². The lowest BCUT2D eigenvalue weighted by Crippen LogP contribution is -2.26. The minimum absolute atomic E-state index is 0.0669. The molecule has 0 saturated heterocycles. The van der Waals surface area contributed by atoms with Gasteiger partial charge < -0.3 is 14.2 Å². The van der Waals surface area contributed by atoms with Crippen LogP contribution in [-0.4, -0.2) is 45.2 Å². The van der Waals surface area contributed by atoms with Crippen molar-refractivity contribution in [1.29, 1.82) is 0 Å². The number of halogens is 3. The Kier molecular flexibility index (Phi) is 13.3. The van der Waals surface area contributed by atoms with E-state index in [4.69, 9.17) is 9.47 Å². The molecule has 132 valence electrons. The van der Waals surface area contributed by atoms with Crippen LogP contribution in [0.1, 0.15) is 51.9 Å². The third-order valence-corrected chi connectivity index (χ3v) is 2.96. The van der Waals surface area contributed by atoms with Crippen LogP contribution >= 0.6 is 0 Å². The van der Waals surface area contributed by atoms with Crippen molar-refractivity contribution in [2.45, 2.75) is 58.0 Å². The molecule has 4 nitrogen and oxygen atoms in total. The Bertz CT molecular complexity index is 270. The van der Waals surface area contributed by atoms with E-state index in [1.807, 2.05) is 0 Å². The summed E-state index contributed by atoms with van der Waals surface area (Å²) in [4.78, 5) is 10.4. The first-order chi connectivity index (χ1) is 10.5. The van der Waals surface area contributed by atoms with E-state index in [9.17, 15) is 18.0 Å². The monoisotopic (exact) mass is 328 g/mol. The first-order valence-corrected chi connectivity index (χ1v) is 7.88. The van der Waals surface area contributed by atoms with Crippen molar-refractivity contribution in [2.75, 3.05) is 33.0 Å². The van der Waals surface area contributed by atoms with Crippen LogP contribution in [-0.2, 0) is 19.0 Å². The molecule has 0 spiro atoms. The number of carbonyl (C=O) groups is 1. The van der Waals surface area contributed by atoms with Crippen molar-refractivity contribution < 1.29 is 32.2 Å². The van der Waals surface area contributed by atoms with Gasteiger partial charge in [-0.3, -0.25) is 0 Å². The van der Waals surface area contributed by atoms with Gasteiger partial charge in [0.15, 0.2) is 0 Å². The van der Waals surface area contributed by atoms with Gasteiger partial charge in [-0.15, -0.1) is 0 Å². The molecule has 0 aliphatic rings. The highest BCUT2D eigenvalue weighted by Crippen LogP contribution is 2.16. The van der Waals surface area contributed by atoms with Gasteiger partial charge in [0.1, 0.15) is 6.61 Å². The smallest absolute Gasteiger partial charge is 0.457 e. The molecule has 0 aromatic carbocycles. The minimum Gasteiger partial charge on any atom is -0.457 e. The number of hydrogen-bond acceptors (Lipinski definition) is 4. The molecule has 0 aliphatic carbocycles.